The van der Waals surface area contributed by atoms with Crippen LogP contribution in [0.4, 0.5) is 4.39 Å². The summed E-state index contributed by atoms with van der Waals surface area (Å²) in [6, 6.07) is 4.94. The first-order valence-corrected chi connectivity index (χ1v) is 5.27. The molecule has 0 atom stereocenters. The minimum atomic E-state index is -0.241. The first-order valence-electron chi connectivity index (χ1n) is 5.27. The molecule has 0 spiro atoms. The van der Waals surface area contributed by atoms with Crippen molar-refractivity contribution in [2.24, 2.45) is 0 Å². The normalized spacial score (nSPS) is 17.9. The van der Waals surface area contributed by atoms with E-state index in [1.807, 2.05) is 0 Å². The van der Waals surface area contributed by atoms with E-state index in [0.29, 0.717) is 17.7 Å². The van der Waals surface area contributed by atoms with E-state index in [1.165, 1.54) is 13.2 Å². The largest absolute Gasteiger partial charge is 0.497 e. The molecule has 0 aliphatic carbocycles. The molecule has 1 heterocycles. The maximum Gasteiger partial charge on any atom is 0.130 e. The Labute approximate surface area is 94.6 Å². The first kappa shape index (κ1) is 11.4. The number of hydrogen-bond acceptors (Lipinski definition) is 3. The summed E-state index contributed by atoms with van der Waals surface area (Å²) in [5, 5.41) is 3.14. The monoisotopic (exact) mass is 225 g/mol. The molecule has 0 bridgehead atoms. The lowest BCUT2D eigenvalue weighted by Crippen LogP contribution is -2.62. The molecule has 0 radical (unpaired) electrons. The minimum absolute atomic E-state index is 0.234. The number of benzene rings is 1. The standard InChI is InChI=1S/C12H16FNO2/c1-15-10-4-3-9(11(13)5-10)6-12(16-2)7-14-8-12/h3-5,14H,6-8H2,1-2H3. The molecule has 0 aromatic heterocycles. The number of ether oxygens (including phenoxy) is 2. The summed E-state index contributed by atoms with van der Waals surface area (Å²) >= 11 is 0. The van der Waals surface area contributed by atoms with Crippen LogP contribution >= 0.6 is 0 Å². The van der Waals surface area contributed by atoms with Gasteiger partial charge in [-0.05, 0) is 11.6 Å². The first-order chi connectivity index (χ1) is 7.69. The second-order valence-electron chi connectivity index (χ2n) is 4.12. The van der Waals surface area contributed by atoms with E-state index in [1.54, 1.807) is 19.2 Å². The van der Waals surface area contributed by atoms with Gasteiger partial charge in [-0.3, -0.25) is 0 Å². The summed E-state index contributed by atoms with van der Waals surface area (Å²) in [5.41, 5.74) is 0.430. The van der Waals surface area contributed by atoms with Gasteiger partial charge in [0.05, 0.1) is 12.7 Å². The van der Waals surface area contributed by atoms with Gasteiger partial charge in [0.25, 0.3) is 0 Å². The van der Waals surface area contributed by atoms with Gasteiger partial charge in [-0.15, -0.1) is 0 Å². The number of hydrogen-bond donors (Lipinski definition) is 1. The van der Waals surface area contributed by atoms with Crippen LogP contribution in [0.3, 0.4) is 0 Å². The molecule has 0 unspecified atom stereocenters. The molecule has 3 nitrogen and oxygen atoms in total. The highest BCUT2D eigenvalue weighted by Crippen LogP contribution is 2.25. The molecule has 4 heteroatoms. The SMILES string of the molecule is COc1ccc(CC2(OC)CNC2)c(F)c1. The quantitative estimate of drug-likeness (QED) is 0.839. The van der Waals surface area contributed by atoms with Crippen LogP contribution in [-0.4, -0.2) is 32.9 Å². The lowest BCUT2D eigenvalue weighted by atomic mass is 9.88. The fourth-order valence-corrected chi connectivity index (χ4v) is 1.89. The summed E-state index contributed by atoms with van der Waals surface area (Å²) in [6.07, 6.45) is 0.590. The van der Waals surface area contributed by atoms with Gasteiger partial charge in [0.1, 0.15) is 11.6 Å². The Bertz CT molecular complexity index is 372. The molecule has 1 N–H and O–H groups in total. The molecule has 1 fully saturated rings. The molecule has 1 aliphatic rings. The van der Waals surface area contributed by atoms with Crippen LogP contribution in [0.25, 0.3) is 0 Å². The fourth-order valence-electron chi connectivity index (χ4n) is 1.89. The zero-order chi connectivity index (χ0) is 11.6. The maximum atomic E-state index is 13.7. The summed E-state index contributed by atoms with van der Waals surface area (Å²) < 4.78 is 24.1. The predicted octanol–water partition coefficient (Wildman–Crippen LogP) is 1.37. The molecular formula is C12H16FNO2. The van der Waals surface area contributed by atoms with Crippen LogP contribution in [0.5, 0.6) is 5.75 Å². The van der Waals surface area contributed by atoms with E-state index in [-0.39, 0.29) is 11.4 Å². The lowest BCUT2D eigenvalue weighted by Gasteiger charge is -2.41. The topological polar surface area (TPSA) is 30.5 Å². The summed E-state index contributed by atoms with van der Waals surface area (Å²) in [7, 11) is 3.20. The average molecular weight is 225 g/mol. The summed E-state index contributed by atoms with van der Waals surface area (Å²) in [5.74, 6) is 0.308. The van der Waals surface area contributed by atoms with Crippen LogP contribution in [0, 0.1) is 5.82 Å². The van der Waals surface area contributed by atoms with Crippen LogP contribution < -0.4 is 10.1 Å². The van der Waals surface area contributed by atoms with Gasteiger partial charge in [0.15, 0.2) is 0 Å². The number of halogens is 1. The highest BCUT2D eigenvalue weighted by atomic mass is 19.1. The van der Waals surface area contributed by atoms with E-state index in [0.717, 1.165) is 13.1 Å². The second-order valence-corrected chi connectivity index (χ2v) is 4.12. The third-order valence-corrected chi connectivity index (χ3v) is 3.10. The van der Waals surface area contributed by atoms with E-state index in [9.17, 15) is 4.39 Å². The van der Waals surface area contributed by atoms with E-state index >= 15 is 0 Å². The molecular weight excluding hydrogens is 209 g/mol. The Morgan fingerprint density at radius 2 is 2.12 bits per heavy atom. The summed E-state index contributed by atoms with van der Waals surface area (Å²) in [4.78, 5) is 0. The Balaban J connectivity index is 2.15. The zero-order valence-electron chi connectivity index (χ0n) is 9.55. The Hall–Kier alpha value is -1.13. The van der Waals surface area contributed by atoms with Crippen LogP contribution in [0.1, 0.15) is 5.56 Å². The van der Waals surface area contributed by atoms with Crippen LogP contribution in [0.15, 0.2) is 18.2 Å². The molecule has 1 aliphatic heterocycles. The van der Waals surface area contributed by atoms with E-state index < -0.39 is 0 Å². The van der Waals surface area contributed by atoms with Crippen molar-refractivity contribution in [1.82, 2.24) is 5.32 Å². The van der Waals surface area contributed by atoms with Crippen molar-refractivity contribution in [2.45, 2.75) is 12.0 Å². The molecule has 88 valence electrons. The van der Waals surface area contributed by atoms with Gasteiger partial charge in [-0.1, -0.05) is 6.07 Å². The Morgan fingerprint density at radius 3 is 2.56 bits per heavy atom. The van der Waals surface area contributed by atoms with Gasteiger partial charge in [0, 0.05) is 32.7 Å². The van der Waals surface area contributed by atoms with Crippen LogP contribution in [0.2, 0.25) is 0 Å². The number of rotatable bonds is 4. The average Bonchev–Trinajstić information content (AvgIpc) is 2.25. The number of methoxy groups -OCH3 is 2. The molecule has 0 amide bonds. The highest BCUT2D eigenvalue weighted by Gasteiger charge is 2.37. The van der Waals surface area contributed by atoms with Crippen molar-refractivity contribution < 1.29 is 13.9 Å². The van der Waals surface area contributed by atoms with Crippen molar-refractivity contribution in [1.29, 1.82) is 0 Å². The molecule has 1 saturated heterocycles. The van der Waals surface area contributed by atoms with Gasteiger partial charge in [-0.25, -0.2) is 4.39 Å². The number of nitrogens with one attached hydrogen (secondary N) is 1. The second kappa shape index (κ2) is 4.39. The maximum absolute atomic E-state index is 13.7. The third kappa shape index (κ3) is 2.03. The summed E-state index contributed by atoms with van der Waals surface area (Å²) in [6.45, 7) is 1.55. The zero-order valence-corrected chi connectivity index (χ0v) is 9.55. The van der Waals surface area contributed by atoms with Crippen molar-refractivity contribution in [3.8, 4) is 5.75 Å². The molecule has 0 saturated carbocycles. The molecule has 2 rings (SSSR count). The van der Waals surface area contributed by atoms with Crippen molar-refractivity contribution in [2.75, 3.05) is 27.3 Å². The van der Waals surface area contributed by atoms with Gasteiger partial charge in [0.2, 0.25) is 0 Å². The molecule has 1 aromatic rings. The molecule has 16 heavy (non-hydrogen) atoms. The smallest absolute Gasteiger partial charge is 0.130 e. The van der Waals surface area contributed by atoms with Gasteiger partial charge >= 0.3 is 0 Å². The van der Waals surface area contributed by atoms with E-state index in [2.05, 4.69) is 5.32 Å². The van der Waals surface area contributed by atoms with Crippen molar-refractivity contribution >= 4 is 0 Å². The lowest BCUT2D eigenvalue weighted by molar-refractivity contribution is -0.0507. The Morgan fingerprint density at radius 1 is 1.38 bits per heavy atom. The van der Waals surface area contributed by atoms with Crippen molar-refractivity contribution in [3.63, 3.8) is 0 Å². The third-order valence-electron chi connectivity index (χ3n) is 3.10. The minimum Gasteiger partial charge on any atom is -0.497 e. The highest BCUT2D eigenvalue weighted by molar-refractivity contribution is 5.30. The molecule has 1 aromatic carbocycles. The Kier molecular flexibility index (Phi) is 3.12. The fraction of sp³-hybridized carbons (Fsp3) is 0.500. The van der Waals surface area contributed by atoms with Gasteiger partial charge in [-0.2, -0.15) is 0 Å². The van der Waals surface area contributed by atoms with E-state index in [4.69, 9.17) is 9.47 Å². The van der Waals surface area contributed by atoms with Crippen LogP contribution in [-0.2, 0) is 11.2 Å². The predicted molar refractivity (Wildman–Crippen MR) is 59.3 cm³/mol. The van der Waals surface area contributed by atoms with Gasteiger partial charge < -0.3 is 14.8 Å². The van der Waals surface area contributed by atoms with Crippen molar-refractivity contribution in [3.05, 3.63) is 29.6 Å².